The molecule has 0 unspecified atom stereocenters. The monoisotopic (exact) mass is 390 g/mol. The van der Waals surface area contributed by atoms with Crippen LogP contribution in [0.3, 0.4) is 0 Å². The molecule has 0 radical (unpaired) electrons. The highest BCUT2D eigenvalue weighted by Gasteiger charge is 2.32. The molecule has 27 heavy (non-hydrogen) atoms. The Hall–Kier alpha value is -2.11. The van der Waals surface area contributed by atoms with Crippen LogP contribution in [-0.4, -0.2) is 23.0 Å². The van der Waals surface area contributed by atoms with Gasteiger partial charge in [-0.25, -0.2) is 0 Å². The number of benzene rings is 2. The lowest BCUT2D eigenvalue weighted by molar-refractivity contribution is -0.138. The quantitative estimate of drug-likeness (QED) is 0.586. The predicted molar refractivity (Wildman–Crippen MR) is 101 cm³/mol. The minimum Gasteiger partial charge on any atom is -0.298 e. The van der Waals surface area contributed by atoms with Crippen LogP contribution < -0.4 is 0 Å². The number of halogens is 4. The second-order valence-electron chi connectivity index (χ2n) is 6.86. The number of alkyl halides is 3. The Labute approximate surface area is 160 Å². The number of hydrogen-bond donors (Lipinski definition) is 0. The van der Waals surface area contributed by atoms with Crippen LogP contribution in [0, 0.1) is 0 Å². The van der Waals surface area contributed by atoms with Crippen LogP contribution in [0.15, 0.2) is 48.5 Å². The van der Waals surface area contributed by atoms with Crippen molar-refractivity contribution in [1.82, 2.24) is 9.88 Å². The summed E-state index contributed by atoms with van der Waals surface area (Å²) in [4.78, 5) is 6.91. The van der Waals surface area contributed by atoms with Crippen LogP contribution >= 0.6 is 11.6 Å². The first-order chi connectivity index (χ1) is 12.9. The molecule has 0 fully saturated rings. The molecule has 2 heterocycles. The van der Waals surface area contributed by atoms with E-state index in [0.717, 1.165) is 41.2 Å². The number of aromatic nitrogens is 1. The molecule has 4 rings (SSSR count). The standard InChI is InChI=1S/C21H18ClF3N2/c22-17-5-6-19-15(12-17)11-16-13-27(10-8-20(16)26-19)9-7-14-3-1-2-4-18(14)21(23,24)25/h1-6,11-12H,7-10,13H2. The number of hydrogen-bond acceptors (Lipinski definition) is 2. The van der Waals surface area contributed by atoms with Gasteiger partial charge in [0.05, 0.1) is 11.1 Å². The predicted octanol–water partition coefficient (Wildman–Crippen LogP) is 5.51. The molecular formula is C21H18ClF3N2. The Bertz CT molecular complexity index is 985. The van der Waals surface area contributed by atoms with Gasteiger partial charge in [-0.3, -0.25) is 9.88 Å². The summed E-state index contributed by atoms with van der Waals surface area (Å²) >= 11 is 6.07. The summed E-state index contributed by atoms with van der Waals surface area (Å²) in [6.07, 6.45) is -3.14. The van der Waals surface area contributed by atoms with E-state index >= 15 is 0 Å². The molecule has 2 aromatic carbocycles. The first-order valence-corrected chi connectivity index (χ1v) is 9.23. The van der Waals surface area contributed by atoms with Gasteiger partial charge in [0.2, 0.25) is 0 Å². The number of nitrogens with zero attached hydrogens (tertiary/aromatic N) is 2. The van der Waals surface area contributed by atoms with Gasteiger partial charge in [0.15, 0.2) is 0 Å². The van der Waals surface area contributed by atoms with Gasteiger partial charge >= 0.3 is 6.18 Å². The van der Waals surface area contributed by atoms with Gasteiger partial charge in [-0.15, -0.1) is 0 Å². The van der Waals surface area contributed by atoms with Crippen molar-refractivity contribution in [2.75, 3.05) is 13.1 Å². The third-order valence-electron chi connectivity index (χ3n) is 5.02. The number of fused-ring (bicyclic) bond motifs is 2. The van der Waals surface area contributed by atoms with Crippen LogP contribution in [0.2, 0.25) is 5.02 Å². The molecule has 0 N–H and O–H groups in total. The topological polar surface area (TPSA) is 16.1 Å². The van der Waals surface area contributed by atoms with Gasteiger partial charge in [0.1, 0.15) is 0 Å². The average Bonchev–Trinajstić information content (AvgIpc) is 2.64. The minimum absolute atomic E-state index is 0.346. The Morgan fingerprint density at radius 1 is 1.07 bits per heavy atom. The first kappa shape index (κ1) is 18.3. The molecular weight excluding hydrogens is 373 g/mol. The molecule has 0 aliphatic carbocycles. The van der Waals surface area contributed by atoms with E-state index in [9.17, 15) is 13.2 Å². The van der Waals surface area contributed by atoms with Crippen molar-refractivity contribution >= 4 is 22.5 Å². The highest BCUT2D eigenvalue weighted by atomic mass is 35.5. The van der Waals surface area contributed by atoms with E-state index < -0.39 is 11.7 Å². The fourth-order valence-electron chi connectivity index (χ4n) is 3.65. The fourth-order valence-corrected chi connectivity index (χ4v) is 3.83. The lowest BCUT2D eigenvalue weighted by atomic mass is 10.0. The summed E-state index contributed by atoms with van der Waals surface area (Å²) in [7, 11) is 0. The fraction of sp³-hybridized carbons (Fsp3) is 0.286. The Balaban J connectivity index is 1.51. The van der Waals surface area contributed by atoms with E-state index in [-0.39, 0.29) is 0 Å². The first-order valence-electron chi connectivity index (χ1n) is 8.86. The molecule has 0 amide bonds. The highest BCUT2D eigenvalue weighted by molar-refractivity contribution is 6.31. The summed E-state index contributed by atoms with van der Waals surface area (Å²) < 4.78 is 39.5. The van der Waals surface area contributed by atoms with Crippen molar-refractivity contribution in [2.45, 2.75) is 25.6 Å². The van der Waals surface area contributed by atoms with E-state index in [1.54, 1.807) is 12.1 Å². The number of rotatable bonds is 3. The highest BCUT2D eigenvalue weighted by Crippen LogP contribution is 2.32. The largest absolute Gasteiger partial charge is 0.416 e. The van der Waals surface area contributed by atoms with Crippen LogP contribution in [-0.2, 0) is 25.6 Å². The smallest absolute Gasteiger partial charge is 0.298 e. The van der Waals surface area contributed by atoms with Gasteiger partial charge in [-0.1, -0.05) is 29.8 Å². The Morgan fingerprint density at radius 2 is 1.89 bits per heavy atom. The second kappa shape index (κ2) is 7.13. The van der Waals surface area contributed by atoms with E-state index in [0.29, 0.717) is 30.1 Å². The molecule has 3 aromatic rings. The van der Waals surface area contributed by atoms with Gasteiger partial charge in [-0.2, -0.15) is 13.2 Å². The third-order valence-corrected chi connectivity index (χ3v) is 5.26. The molecule has 1 aliphatic heterocycles. The molecule has 6 heteroatoms. The lowest BCUT2D eigenvalue weighted by Crippen LogP contribution is -2.33. The van der Waals surface area contributed by atoms with Crippen LogP contribution in [0.5, 0.6) is 0 Å². The summed E-state index contributed by atoms with van der Waals surface area (Å²) in [6, 6.07) is 13.6. The zero-order valence-corrected chi connectivity index (χ0v) is 15.3. The maximum absolute atomic E-state index is 13.2. The summed E-state index contributed by atoms with van der Waals surface area (Å²) in [5, 5.41) is 1.66. The van der Waals surface area contributed by atoms with Crippen molar-refractivity contribution in [3.8, 4) is 0 Å². The second-order valence-corrected chi connectivity index (χ2v) is 7.30. The zero-order valence-electron chi connectivity index (χ0n) is 14.6. The van der Waals surface area contributed by atoms with Gasteiger partial charge < -0.3 is 0 Å². The third kappa shape index (κ3) is 3.94. The normalized spacial score (nSPS) is 15.1. The van der Waals surface area contributed by atoms with E-state index in [4.69, 9.17) is 16.6 Å². The van der Waals surface area contributed by atoms with Crippen molar-refractivity contribution in [2.24, 2.45) is 0 Å². The molecule has 2 nitrogen and oxygen atoms in total. The molecule has 0 saturated heterocycles. The molecule has 0 spiro atoms. The lowest BCUT2D eigenvalue weighted by Gasteiger charge is -2.28. The Morgan fingerprint density at radius 3 is 2.70 bits per heavy atom. The molecule has 140 valence electrons. The van der Waals surface area contributed by atoms with E-state index in [2.05, 4.69) is 11.0 Å². The molecule has 1 aliphatic rings. The average molecular weight is 391 g/mol. The van der Waals surface area contributed by atoms with Crippen LogP contribution in [0.25, 0.3) is 10.9 Å². The molecule has 0 saturated carbocycles. The van der Waals surface area contributed by atoms with Crippen LogP contribution in [0.1, 0.15) is 22.4 Å². The van der Waals surface area contributed by atoms with Gasteiger partial charge in [0.25, 0.3) is 0 Å². The zero-order chi connectivity index (χ0) is 19.0. The van der Waals surface area contributed by atoms with Crippen molar-refractivity contribution in [1.29, 1.82) is 0 Å². The molecule has 0 atom stereocenters. The molecule has 1 aromatic heterocycles. The maximum atomic E-state index is 13.2. The summed E-state index contributed by atoms with van der Waals surface area (Å²) in [5.41, 5.74) is 2.92. The van der Waals surface area contributed by atoms with Crippen molar-refractivity contribution in [3.05, 3.63) is 75.9 Å². The summed E-state index contributed by atoms with van der Waals surface area (Å²) in [6.45, 7) is 2.08. The number of pyridine rings is 1. The van der Waals surface area contributed by atoms with E-state index in [1.165, 1.54) is 6.07 Å². The maximum Gasteiger partial charge on any atom is 0.416 e. The van der Waals surface area contributed by atoms with Gasteiger partial charge in [-0.05, 0) is 47.9 Å². The van der Waals surface area contributed by atoms with Crippen LogP contribution in [0.4, 0.5) is 13.2 Å². The summed E-state index contributed by atoms with van der Waals surface area (Å²) in [5.74, 6) is 0. The molecule has 0 bridgehead atoms. The van der Waals surface area contributed by atoms with Crippen molar-refractivity contribution < 1.29 is 13.2 Å². The Kier molecular flexibility index (Phi) is 4.82. The van der Waals surface area contributed by atoms with E-state index in [1.807, 2.05) is 18.2 Å². The minimum atomic E-state index is -4.31. The van der Waals surface area contributed by atoms with Crippen molar-refractivity contribution in [3.63, 3.8) is 0 Å². The SMILES string of the molecule is FC(F)(F)c1ccccc1CCN1CCc2nc3ccc(Cl)cc3cc2C1. The van der Waals surface area contributed by atoms with Gasteiger partial charge in [0, 0.05) is 42.2 Å².